The van der Waals surface area contributed by atoms with Gasteiger partial charge in [-0.3, -0.25) is 0 Å². The minimum Gasteiger partial charge on any atom is -0.491 e. The average molecular weight is 224 g/mol. The Hall–Kier alpha value is -1.06. The van der Waals surface area contributed by atoms with Gasteiger partial charge in [-0.05, 0) is 32.4 Å². The van der Waals surface area contributed by atoms with Gasteiger partial charge in [0.15, 0.2) is 0 Å². The Morgan fingerprint density at radius 2 is 2.06 bits per heavy atom. The van der Waals surface area contributed by atoms with Crippen LogP contribution in [0.2, 0.25) is 0 Å². The third-order valence-electron chi connectivity index (χ3n) is 2.31. The van der Waals surface area contributed by atoms with Crippen LogP contribution in [0, 0.1) is 6.92 Å². The van der Waals surface area contributed by atoms with Gasteiger partial charge in [-0.25, -0.2) is 0 Å². The molecule has 0 amide bonds. The van der Waals surface area contributed by atoms with E-state index in [-0.39, 0.29) is 0 Å². The summed E-state index contributed by atoms with van der Waals surface area (Å²) in [6.07, 6.45) is -0.511. The normalized spacial score (nSPS) is 12.5. The maximum absolute atomic E-state index is 9.59. The van der Waals surface area contributed by atoms with Crippen molar-refractivity contribution >= 4 is 0 Å². The zero-order valence-corrected chi connectivity index (χ0v) is 10.2. The fourth-order valence-corrected chi connectivity index (χ4v) is 1.47. The molecule has 0 heterocycles. The van der Waals surface area contributed by atoms with Gasteiger partial charge in [0.05, 0.1) is 12.7 Å². The lowest BCUT2D eigenvalue weighted by molar-refractivity contribution is 0.108. The van der Waals surface area contributed by atoms with Crippen LogP contribution in [-0.4, -0.2) is 24.9 Å². The first-order valence-corrected chi connectivity index (χ1v) is 5.64. The van der Waals surface area contributed by atoms with Crippen LogP contribution in [0.3, 0.4) is 0 Å². The number of benzene rings is 1. The van der Waals surface area contributed by atoms with Crippen molar-refractivity contribution in [3.63, 3.8) is 0 Å². The summed E-state index contributed by atoms with van der Waals surface area (Å²) < 4.78 is 10.8. The molecular formula is C13H20O3. The second-order valence-electron chi connectivity index (χ2n) is 3.76. The molecule has 90 valence electrons. The standard InChI is InChI=1S/C13H20O3/c1-4-15-7-8-16-13-9-10(2)5-6-12(13)11(3)14/h5-6,9,11,14H,4,7-8H2,1-3H3/t11-/m0/s1. The summed E-state index contributed by atoms with van der Waals surface area (Å²) in [5.41, 5.74) is 1.94. The molecule has 0 fully saturated rings. The first-order chi connectivity index (χ1) is 7.65. The summed E-state index contributed by atoms with van der Waals surface area (Å²) in [6, 6.07) is 5.81. The van der Waals surface area contributed by atoms with Crippen molar-refractivity contribution in [2.75, 3.05) is 19.8 Å². The van der Waals surface area contributed by atoms with E-state index in [2.05, 4.69) is 0 Å². The largest absolute Gasteiger partial charge is 0.491 e. The number of rotatable bonds is 6. The minimum atomic E-state index is -0.511. The molecule has 0 bridgehead atoms. The van der Waals surface area contributed by atoms with E-state index in [1.807, 2.05) is 32.0 Å². The molecule has 16 heavy (non-hydrogen) atoms. The Morgan fingerprint density at radius 3 is 2.69 bits per heavy atom. The molecule has 1 rings (SSSR count). The van der Waals surface area contributed by atoms with E-state index in [9.17, 15) is 5.11 Å². The van der Waals surface area contributed by atoms with Gasteiger partial charge in [0.1, 0.15) is 12.4 Å². The molecule has 0 saturated carbocycles. The Morgan fingerprint density at radius 1 is 1.31 bits per heavy atom. The smallest absolute Gasteiger partial charge is 0.125 e. The Balaban J connectivity index is 2.65. The van der Waals surface area contributed by atoms with E-state index in [1.54, 1.807) is 6.92 Å². The third-order valence-corrected chi connectivity index (χ3v) is 2.31. The van der Waals surface area contributed by atoms with Gasteiger partial charge in [0, 0.05) is 12.2 Å². The Bertz CT molecular complexity index is 321. The summed E-state index contributed by atoms with van der Waals surface area (Å²) >= 11 is 0. The van der Waals surface area contributed by atoms with Crippen LogP contribution >= 0.6 is 0 Å². The van der Waals surface area contributed by atoms with Crippen LogP contribution in [0.5, 0.6) is 5.75 Å². The molecule has 1 N–H and O–H groups in total. The van der Waals surface area contributed by atoms with Gasteiger partial charge in [-0.15, -0.1) is 0 Å². The first-order valence-electron chi connectivity index (χ1n) is 5.64. The van der Waals surface area contributed by atoms with Crippen molar-refractivity contribution in [1.82, 2.24) is 0 Å². The predicted molar refractivity (Wildman–Crippen MR) is 63.8 cm³/mol. The summed E-state index contributed by atoms with van der Waals surface area (Å²) in [6.45, 7) is 7.47. The monoisotopic (exact) mass is 224 g/mol. The molecule has 3 heteroatoms. The predicted octanol–water partition coefficient (Wildman–Crippen LogP) is 2.46. The molecule has 0 aromatic heterocycles. The summed E-state index contributed by atoms with van der Waals surface area (Å²) in [5, 5.41) is 9.59. The van der Waals surface area contributed by atoms with Crippen LogP contribution in [-0.2, 0) is 4.74 Å². The molecule has 0 aliphatic carbocycles. The lowest BCUT2D eigenvalue weighted by atomic mass is 10.1. The average Bonchev–Trinajstić information content (AvgIpc) is 2.24. The zero-order valence-electron chi connectivity index (χ0n) is 10.2. The molecule has 0 saturated heterocycles. The molecule has 0 unspecified atom stereocenters. The number of aliphatic hydroxyl groups excluding tert-OH is 1. The Kier molecular flexibility index (Phi) is 5.29. The van der Waals surface area contributed by atoms with E-state index in [0.29, 0.717) is 19.8 Å². The molecule has 1 aromatic carbocycles. The molecule has 0 radical (unpaired) electrons. The highest BCUT2D eigenvalue weighted by Gasteiger charge is 2.08. The lowest BCUT2D eigenvalue weighted by Gasteiger charge is -2.14. The van der Waals surface area contributed by atoms with Crippen molar-refractivity contribution < 1.29 is 14.6 Å². The number of aryl methyl sites for hydroxylation is 1. The number of hydrogen-bond donors (Lipinski definition) is 1. The van der Waals surface area contributed by atoms with Gasteiger partial charge in [-0.2, -0.15) is 0 Å². The number of hydrogen-bond acceptors (Lipinski definition) is 3. The van der Waals surface area contributed by atoms with Gasteiger partial charge in [0.25, 0.3) is 0 Å². The van der Waals surface area contributed by atoms with Gasteiger partial charge >= 0.3 is 0 Å². The molecule has 0 aliphatic rings. The summed E-state index contributed by atoms with van der Waals surface area (Å²) in [7, 11) is 0. The molecule has 1 aromatic rings. The fraction of sp³-hybridized carbons (Fsp3) is 0.538. The second-order valence-corrected chi connectivity index (χ2v) is 3.76. The highest BCUT2D eigenvalue weighted by atomic mass is 16.5. The summed E-state index contributed by atoms with van der Waals surface area (Å²) in [5.74, 6) is 0.745. The van der Waals surface area contributed by atoms with Crippen LogP contribution < -0.4 is 4.74 Å². The second kappa shape index (κ2) is 6.51. The van der Waals surface area contributed by atoms with Crippen molar-refractivity contribution in [3.8, 4) is 5.75 Å². The zero-order chi connectivity index (χ0) is 12.0. The summed E-state index contributed by atoms with van der Waals surface area (Å²) in [4.78, 5) is 0. The van der Waals surface area contributed by atoms with Gasteiger partial charge in [-0.1, -0.05) is 12.1 Å². The quantitative estimate of drug-likeness (QED) is 0.754. The van der Waals surface area contributed by atoms with E-state index in [4.69, 9.17) is 9.47 Å². The molecular weight excluding hydrogens is 204 g/mol. The lowest BCUT2D eigenvalue weighted by Crippen LogP contribution is -2.08. The maximum Gasteiger partial charge on any atom is 0.125 e. The minimum absolute atomic E-state index is 0.511. The van der Waals surface area contributed by atoms with E-state index < -0.39 is 6.10 Å². The Labute approximate surface area is 97.0 Å². The molecule has 1 atom stereocenters. The number of aliphatic hydroxyl groups is 1. The SMILES string of the molecule is CCOCCOc1cc(C)ccc1[C@H](C)O. The van der Waals surface area contributed by atoms with Crippen molar-refractivity contribution in [2.45, 2.75) is 26.9 Å². The third kappa shape index (κ3) is 3.83. The topological polar surface area (TPSA) is 38.7 Å². The van der Waals surface area contributed by atoms with Crippen molar-refractivity contribution in [3.05, 3.63) is 29.3 Å². The van der Waals surface area contributed by atoms with Crippen molar-refractivity contribution in [2.24, 2.45) is 0 Å². The van der Waals surface area contributed by atoms with Crippen molar-refractivity contribution in [1.29, 1.82) is 0 Å². The van der Waals surface area contributed by atoms with E-state index in [0.717, 1.165) is 16.9 Å². The van der Waals surface area contributed by atoms with Gasteiger partial charge < -0.3 is 14.6 Å². The van der Waals surface area contributed by atoms with Crippen LogP contribution in [0.25, 0.3) is 0 Å². The van der Waals surface area contributed by atoms with E-state index in [1.165, 1.54) is 0 Å². The van der Waals surface area contributed by atoms with E-state index >= 15 is 0 Å². The molecule has 0 spiro atoms. The number of ether oxygens (including phenoxy) is 2. The highest BCUT2D eigenvalue weighted by molar-refractivity contribution is 5.38. The van der Waals surface area contributed by atoms with Crippen LogP contribution in [0.15, 0.2) is 18.2 Å². The molecule has 3 nitrogen and oxygen atoms in total. The fourth-order valence-electron chi connectivity index (χ4n) is 1.47. The maximum atomic E-state index is 9.59. The highest BCUT2D eigenvalue weighted by Crippen LogP contribution is 2.26. The molecule has 0 aliphatic heterocycles. The van der Waals surface area contributed by atoms with Gasteiger partial charge in [0.2, 0.25) is 0 Å². The van der Waals surface area contributed by atoms with Crippen LogP contribution in [0.4, 0.5) is 0 Å². The first kappa shape index (κ1) is 13.0. The van der Waals surface area contributed by atoms with Crippen LogP contribution in [0.1, 0.15) is 31.1 Å².